The number of hydrogen-bond donors (Lipinski definition) is 1. The van der Waals surface area contributed by atoms with Crippen molar-refractivity contribution in [2.45, 2.75) is 37.8 Å². The third-order valence-electron chi connectivity index (χ3n) is 4.13. The van der Waals surface area contributed by atoms with Gasteiger partial charge in [0.15, 0.2) is 0 Å². The second kappa shape index (κ2) is 7.43. The summed E-state index contributed by atoms with van der Waals surface area (Å²) in [5, 5.41) is 3.56. The SMILES string of the molecule is CN(C)CCCNCCN1CCOC2CCCC21. The fourth-order valence-electron chi connectivity index (χ4n) is 3.15. The number of morpholine rings is 1. The molecule has 0 bridgehead atoms. The Kier molecular flexibility index (Phi) is 5.89. The van der Waals surface area contributed by atoms with Crippen molar-refractivity contribution in [2.75, 3.05) is 53.4 Å². The molecule has 2 rings (SSSR count). The predicted molar refractivity (Wildman–Crippen MR) is 75.0 cm³/mol. The number of rotatable bonds is 7. The van der Waals surface area contributed by atoms with E-state index in [0.29, 0.717) is 12.1 Å². The van der Waals surface area contributed by atoms with Gasteiger partial charge in [0.05, 0.1) is 12.7 Å². The van der Waals surface area contributed by atoms with Gasteiger partial charge in [0.1, 0.15) is 0 Å². The van der Waals surface area contributed by atoms with E-state index in [1.807, 2.05) is 0 Å². The molecule has 2 atom stereocenters. The number of hydrogen-bond acceptors (Lipinski definition) is 4. The smallest absolute Gasteiger partial charge is 0.0730 e. The highest BCUT2D eigenvalue weighted by Crippen LogP contribution is 2.29. The van der Waals surface area contributed by atoms with Crippen LogP contribution in [0.2, 0.25) is 0 Å². The summed E-state index contributed by atoms with van der Waals surface area (Å²) in [6, 6.07) is 0.710. The second-order valence-electron chi connectivity index (χ2n) is 5.85. The van der Waals surface area contributed by atoms with Crippen molar-refractivity contribution in [3.05, 3.63) is 0 Å². The van der Waals surface area contributed by atoms with Gasteiger partial charge in [-0.1, -0.05) is 0 Å². The highest BCUT2D eigenvalue weighted by molar-refractivity contribution is 4.89. The third kappa shape index (κ3) is 4.19. The normalized spacial score (nSPS) is 28.8. The van der Waals surface area contributed by atoms with Crippen molar-refractivity contribution in [1.82, 2.24) is 15.1 Å². The van der Waals surface area contributed by atoms with E-state index in [4.69, 9.17) is 4.74 Å². The molecule has 106 valence electrons. The Labute approximate surface area is 112 Å². The first-order chi connectivity index (χ1) is 8.77. The molecule has 2 fully saturated rings. The molecule has 1 saturated heterocycles. The second-order valence-corrected chi connectivity index (χ2v) is 5.85. The van der Waals surface area contributed by atoms with Crippen LogP contribution in [0.3, 0.4) is 0 Å². The summed E-state index contributed by atoms with van der Waals surface area (Å²) in [6.45, 7) is 6.68. The summed E-state index contributed by atoms with van der Waals surface area (Å²) in [6.07, 6.45) is 5.74. The van der Waals surface area contributed by atoms with E-state index in [1.165, 1.54) is 38.8 Å². The van der Waals surface area contributed by atoms with Gasteiger partial charge in [-0.2, -0.15) is 0 Å². The Morgan fingerprint density at radius 3 is 3.00 bits per heavy atom. The lowest BCUT2D eigenvalue weighted by atomic mass is 10.1. The first kappa shape index (κ1) is 14.3. The molecule has 18 heavy (non-hydrogen) atoms. The van der Waals surface area contributed by atoms with Crippen LogP contribution in [0.1, 0.15) is 25.7 Å². The summed E-state index contributed by atoms with van der Waals surface area (Å²) in [5.41, 5.74) is 0. The van der Waals surface area contributed by atoms with Gasteiger partial charge >= 0.3 is 0 Å². The van der Waals surface area contributed by atoms with E-state index in [2.05, 4.69) is 29.2 Å². The lowest BCUT2D eigenvalue weighted by molar-refractivity contribution is -0.0548. The maximum absolute atomic E-state index is 5.84. The summed E-state index contributed by atoms with van der Waals surface area (Å²) in [7, 11) is 4.27. The Hall–Kier alpha value is -0.160. The predicted octanol–water partition coefficient (Wildman–Crippen LogP) is 0.781. The average Bonchev–Trinajstić information content (AvgIpc) is 2.82. The number of ether oxygens (including phenoxy) is 1. The lowest BCUT2D eigenvalue weighted by Gasteiger charge is -2.37. The zero-order valence-electron chi connectivity index (χ0n) is 12.0. The number of nitrogens with one attached hydrogen (secondary N) is 1. The number of nitrogens with zero attached hydrogens (tertiary/aromatic N) is 2. The summed E-state index contributed by atoms with van der Waals surface area (Å²) in [4.78, 5) is 4.88. The summed E-state index contributed by atoms with van der Waals surface area (Å²) in [5.74, 6) is 0. The Balaban J connectivity index is 1.55. The standard InChI is InChI=1S/C14H29N3O/c1-16(2)9-4-7-15-8-10-17-11-12-18-14-6-3-5-13(14)17/h13-15H,3-12H2,1-2H3. The van der Waals surface area contributed by atoms with Gasteiger partial charge < -0.3 is 15.0 Å². The average molecular weight is 255 g/mol. The van der Waals surface area contributed by atoms with Crippen molar-refractivity contribution < 1.29 is 4.74 Å². The maximum atomic E-state index is 5.84. The van der Waals surface area contributed by atoms with Crippen LogP contribution in [0.15, 0.2) is 0 Å². The van der Waals surface area contributed by atoms with E-state index in [0.717, 1.165) is 26.2 Å². The minimum atomic E-state index is 0.535. The van der Waals surface area contributed by atoms with E-state index < -0.39 is 0 Å². The minimum absolute atomic E-state index is 0.535. The largest absolute Gasteiger partial charge is 0.375 e. The van der Waals surface area contributed by atoms with Gasteiger partial charge in [0.25, 0.3) is 0 Å². The molecule has 1 heterocycles. The van der Waals surface area contributed by atoms with Gasteiger partial charge in [-0.3, -0.25) is 4.90 Å². The van der Waals surface area contributed by atoms with E-state index >= 15 is 0 Å². The molecule has 0 aromatic rings. The molecule has 2 aliphatic rings. The topological polar surface area (TPSA) is 27.7 Å². The highest BCUT2D eigenvalue weighted by Gasteiger charge is 2.35. The first-order valence-corrected chi connectivity index (χ1v) is 7.48. The maximum Gasteiger partial charge on any atom is 0.0730 e. The quantitative estimate of drug-likeness (QED) is 0.681. The molecule has 0 aromatic carbocycles. The molecule has 1 N–H and O–H groups in total. The van der Waals surface area contributed by atoms with Crippen molar-refractivity contribution in [1.29, 1.82) is 0 Å². The van der Waals surface area contributed by atoms with Crippen molar-refractivity contribution in [3.8, 4) is 0 Å². The third-order valence-corrected chi connectivity index (χ3v) is 4.13. The summed E-state index contributed by atoms with van der Waals surface area (Å²) < 4.78 is 5.84. The Morgan fingerprint density at radius 1 is 1.28 bits per heavy atom. The fraction of sp³-hybridized carbons (Fsp3) is 1.00. The Bertz CT molecular complexity index is 235. The van der Waals surface area contributed by atoms with Crippen LogP contribution in [-0.4, -0.2) is 75.4 Å². The van der Waals surface area contributed by atoms with Crippen molar-refractivity contribution >= 4 is 0 Å². The first-order valence-electron chi connectivity index (χ1n) is 7.48. The van der Waals surface area contributed by atoms with Gasteiger partial charge in [-0.25, -0.2) is 0 Å². The van der Waals surface area contributed by atoms with Crippen molar-refractivity contribution in [2.24, 2.45) is 0 Å². The minimum Gasteiger partial charge on any atom is -0.375 e. The van der Waals surface area contributed by atoms with E-state index in [-0.39, 0.29) is 0 Å². The zero-order valence-corrected chi connectivity index (χ0v) is 12.0. The monoisotopic (exact) mass is 255 g/mol. The molecule has 4 nitrogen and oxygen atoms in total. The van der Waals surface area contributed by atoms with Gasteiger partial charge in [0, 0.05) is 25.7 Å². The molecule has 4 heteroatoms. The zero-order chi connectivity index (χ0) is 12.8. The molecule has 0 aromatic heterocycles. The van der Waals surface area contributed by atoms with E-state index in [9.17, 15) is 0 Å². The molecular formula is C14H29N3O. The van der Waals surface area contributed by atoms with Gasteiger partial charge in [-0.15, -0.1) is 0 Å². The molecule has 1 aliphatic carbocycles. The van der Waals surface area contributed by atoms with Gasteiger partial charge in [0.2, 0.25) is 0 Å². The molecule has 1 aliphatic heterocycles. The van der Waals surface area contributed by atoms with Crippen LogP contribution in [0, 0.1) is 0 Å². The van der Waals surface area contributed by atoms with Crippen LogP contribution < -0.4 is 5.32 Å². The van der Waals surface area contributed by atoms with Crippen LogP contribution in [0.5, 0.6) is 0 Å². The van der Waals surface area contributed by atoms with Gasteiger partial charge in [-0.05, 0) is 52.9 Å². The van der Waals surface area contributed by atoms with Crippen molar-refractivity contribution in [3.63, 3.8) is 0 Å². The molecule has 0 spiro atoms. The fourth-order valence-corrected chi connectivity index (χ4v) is 3.15. The summed E-state index contributed by atoms with van der Waals surface area (Å²) >= 11 is 0. The Morgan fingerprint density at radius 2 is 2.17 bits per heavy atom. The van der Waals surface area contributed by atoms with Crippen LogP contribution in [-0.2, 0) is 4.74 Å². The number of fused-ring (bicyclic) bond motifs is 1. The molecular weight excluding hydrogens is 226 g/mol. The van der Waals surface area contributed by atoms with E-state index in [1.54, 1.807) is 0 Å². The lowest BCUT2D eigenvalue weighted by Crippen LogP contribution is -2.50. The molecule has 0 amide bonds. The highest BCUT2D eigenvalue weighted by atomic mass is 16.5. The van der Waals surface area contributed by atoms with Crippen LogP contribution in [0.4, 0.5) is 0 Å². The van der Waals surface area contributed by atoms with Crippen LogP contribution in [0.25, 0.3) is 0 Å². The molecule has 2 unspecified atom stereocenters. The van der Waals surface area contributed by atoms with Crippen LogP contribution >= 0.6 is 0 Å². The molecule has 0 radical (unpaired) electrons. The molecule has 1 saturated carbocycles.